The maximum Gasteiger partial charge on any atom is 0.193 e. The second-order valence-corrected chi connectivity index (χ2v) is 15.8. The average molecular weight is 635 g/mol. The topological polar surface area (TPSA) is 25.2 Å². The normalized spacial score (nSPS) is 22.4. The van der Waals surface area contributed by atoms with Crippen LogP contribution in [0, 0.1) is 19.3 Å². The van der Waals surface area contributed by atoms with Gasteiger partial charge in [-0.1, -0.05) is 115 Å². The molecule has 0 saturated heterocycles. The van der Waals surface area contributed by atoms with Crippen LogP contribution in [-0.2, 0) is 5.41 Å². The van der Waals surface area contributed by atoms with Crippen LogP contribution in [0.2, 0.25) is 0 Å². The van der Waals surface area contributed by atoms with Gasteiger partial charge in [-0.15, -0.1) is 0 Å². The number of para-hydroxylation sites is 1. The van der Waals surface area contributed by atoms with Crippen LogP contribution in [-0.4, -0.2) is 7.28 Å². The van der Waals surface area contributed by atoms with Gasteiger partial charge in [-0.05, 0) is 113 Å². The van der Waals surface area contributed by atoms with Gasteiger partial charge in [-0.3, -0.25) is 0 Å². The SMILES string of the molecule is Cc1ccc(Nc2cc3ccccc3cc2-c2cc3c(oc4ccccc43)c3c2[B]c2cc(C)cc4c2C3CC2(C)CCCCC42C)cc1. The van der Waals surface area contributed by atoms with Gasteiger partial charge in [0.05, 0.1) is 0 Å². The molecule has 1 aliphatic heterocycles. The molecule has 6 aromatic carbocycles. The van der Waals surface area contributed by atoms with Gasteiger partial charge >= 0.3 is 0 Å². The molecule has 3 heteroatoms. The summed E-state index contributed by atoms with van der Waals surface area (Å²) in [6.07, 6.45) is 6.33. The number of aryl methyl sites for hydroxylation is 2. The molecule has 2 heterocycles. The minimum atomic E-state index is 0.178. The van der Waals surface area contributed by atoms with Crippen molar-refractivity contribution >= 4 is 62.3 Å². The molecule has 10 rings (SSSR count). The highest BCUT2D eigenvalue weighted by atomic mass is 16.3. The molecule has 3 atom stereocenters. The van der Waals surface area contributed by atoms with Crippen LogP contribution in [0.3, 0.4) is 0 Å². The van der Waals surface area contributed by atoms with E-state index in [1.165, 1.54) is 86.0 Å². The van der Waals surface area contributed by atoms with Gasteiger partial charge in [-0.2, -0.15) is 0 Å². The highest BCUT2D eigenvalue weighted by Gasteiger charge is 2.54. The molecule has 0 amide bonds. The van der Waals surface area contributed by atoms with Crippen LogP contribution >= 0.6 is 0 Å². The summed E-state index contributed by atoms with van der Waals surface area (Å²) < 4.78 is 6.94. The third kappa shape index (κ3) is 4.21. The van der Waals surface area contributed by atoms with Gasteiger partial charge < -0.3 is 9.73 Å². The summed E-state index contributed by atoms with van der Waals surface area (Å²) in [5.41, 5.74) is 17.0. The summed E-state index contributed by atoms with van der Waals surface area (Å²) in [5.74, 6) is 0.277. The Morgan fingerprint density at radius 2 is 1.47 bits per heavy atom. The van der Waals surface area contributed by atoms with E-state index in [0.717, 1.165) is 29.0 Å². The molecule has 3 aliphatic rings. The number of fused-ring (bicyclic) bond motifs is 9. The van der Waals surface area contributed by atoms with Crippen LogP contribution in [0.4, 0.5) is 11.4 Å². The quantitative estimate of drug-likeness (QED) is 0.196. The minimum absolute atomic E-state index is 0.178. The summed E-state index contributed by atoms with van der Waals surface area (Å²) >= 11 is 0. The zero-order valence-electron chi connectivity index (χ0n) is 28.9. The Bertz CT molecular complexity index is 2490. The molecule has 3 unspecified atom stereocenters. The molecule has 1 N–H and O–H groups in total. The Hall–Kier alpha value is -4.76. The first-order valence-corrected chi connectivity index (χ1v) is 18.1. The molecule has 1 aromatic heterocycles. The lowest BCUT2D eigenvalue weighted by molar-refractivity contribution is 0.0604. The predicted molar refractivity (Wildman–Crippen MR) is 208 cm³/mol. The summed E-state index contributed by atoms with van der Waals surface area (Å²) in [6, 6.07) is 38.3. The summed E-state index contributed by atoms with van der Waals surface area (Å²) in [7, 11) is 2.51. The van der Waals surface area contributed by atoms with E-state index < -0.39 is 0 Å². The molecule has 1 fully saturated rings. The van der Waals surface area contributed by atoms with Crippen molar-refractivity contribution in [2.75, 3.05) is 5.32 Å². The van der Waals surface area contributed by atoms with Gasteiger partial charge in [0.1, 0.15) is 11.2 Å². The number of hydrogen-bond acceptors (Lipinski definition) is 2. The molecule has 7 aromatic rings. The number of rotatable bonds is 3. The third-order valence-electron chi connectivity index (χ3n) is 12.8. The van der Waals surface area contributed by atoms with Crippen molar-refractivity contribution in [3.63, 3.8) is 0 Å². The fraction of sp³-hybridized carbons (Fsp3) is 0.261. The van der Waals surface area contributed by atoms with Crippen molar-refractivity contribution in [3.05, 3.63) is 131 Å². The van der Waals surface area contributed by atoms with Crippen LogP contribution in [0.1, 0.15) is 79.7 Å². The fourth-order valence-corrected chi connectivity index (χ4v) is 10.1. The molecule has 239 valence electrons. The lowest BCUT2D eigenvalue weighted by atomic mass is 9.42. The largest absolute Gasteiger partial charge is 0.456 e. The highest BCUT2D eigenvalue weighted by molar-refractivity contribution is 6.71. The smallest absolute Gasteiger partial charge is 0.193 e. The van der Waals surface area contributed by atoms with E-state index in [2.05, 4.69) is 143 Å². The molecule has 2 aliphatic carbocycles. The number of nitrogens with one attached hydrogen (secondary N) is 1. The number of benzene rings is 6. The Morgan fingerprint density at radius 3 is 2.31 bits per heavy atom. The summed E-state index contributed by atoms with van der Waals surface area (Å²) in [5, 5.41) is 8.74. The van der Waals surface area contributed by atoms with Gasteiger partial charge in [0.15, 0.2) is 7.28 Å². The molecule has 1 radical (unpaired) electrons. The van der Waals surface area contributed by atoms with Crippen LogP contribution < -0.4 is 16.2 Å². The zero-order chi connectivity index (χ0) is 33.1. The molecular weight excluding hydrogens is 593 g/mol. The zero-order valence-corrected chi connectivity index (χ0v) is 28.9. The van der Waals surface area contributed by atoms with Crippen molar-refractivity contribution < 1.29 is 4.42 Å². The Labute approximate surface area is 289 Å². The van der Waals surface area contributed by atoms with E-state index in [-0.39, 0.29) is 16.7 Å². The first-order valence-electron chi connectivity index (χ1n) is 18.1. The number of anilines is 2. The lowest BCUT2D eigenvalue weighted by Crippen LogP contribution is -2.53. The molecule has 2 nitrogen and oxygen atoms in total. The van der Waals surface area contributed by atoms with E-state index in [1.54, 1.807) is 11.1 Å². The second-order valence-electron chi connectivity index (χ2n) is 15.8. The van der Waals surface area contributed by atoms with Crippen LogP contribution in [0.5, 0.6) is 0 Å². The minimum Gasteiger partial charge on any atom is -0.456 e. The van der Waals surface area contributed by atoms with Crippen LogP contribution in [0.15, 0.2) is 108 Å². The standard InChI is InChI=1S/C46H41BNO/c1-27-15-17-31(18-16-27)48-39-24-30-12-6-5-11-29(30)23-33(39)34-25-35-32-13-7-8-14-40(32)49-44(35)42-36-26-45(3)19-9-10-20-46(45,4)37-21-28(2)22-38(41(36)37)47-43(34)42/h5-8,11-18,21-25,36,48H,9-10,19-20,26H2,1-4H3. The van der Waals surface area contributed by atoms with E-state index >= 15 is 0 Å². The Balaban J connectivity index is 1.30. The molecule has 0 bridgehead atoms. The van der Waals surface area contributed by atoms with Crippen molar-refractivity contribution in [1.29, 1.82) is 0 Å². The van der Waals surface area contributed by atoms with Crippen LogP contribution in [0.25, 0.3) is 43.8 Å². The summed E-state index contributed by atoms with van der Waals surface area (Å²) in [4.78, 5) is 0. The van der Waals surface area contributed by atoms with E-state index in [4.69, 9.17) is 4.42 Å². The molecule has 1 saturated carbocycles. The van der Waals surface area contributed by atoms with E-state index in [0.29, 0.717) is 0 Å². The van der Waals surface area contributed by atoms with E-state index in [9.17, 15) is 0 Å². The maximum atomic E-state index is 6.94. The average Bonchev–Trinajstić information content (AvgIpc) is 3.47. The first-order chi connectivity index (χ1) is 23.8. The highest BCUT2D eigenvalue weighted by Crippen LogP contribution is 2.62. The van der Waals surface area contributed by atoms with Crippen molar-refractivity contribution in [3.8, 4) is 11.1 Å². The van der Waals surface area contributed by atoms with Crippen molar-refractivity contribution in [2.24, 2.45) is 5.41 Å². The number of hydrogen-bond donors (Lipinski definition) is 1. The fourth-order valence-electron chi connectivity index (χ4n) is 10.1. The van der Waals surface area contributed by atoms with Gasteiger partial charge in [0, 0.05) is 33.6 Å². The van der Waals surface area contributed by atoms with Gasteiger partial charge in [0.25, 0.3) is 0 Å². The molecule has 49 heavy (non-hydrogen) atoms. The van der Waals surface area contributed by atoms with Crippen molar-refractivity contribution in [2.45, 2.75) is 71.1 Å². The predicted octanol–water partition coefficient (Wildman–Crippen LogP) is 11.1. The first kappa shape index (κ1) is 29.2. The maximum absolute atomic E-state index is 6.94. The number of furan rings is 1. The third-order valence-corrected chi connectivity index (χ3v) is 12.8. The van der Waals surface area contributed by atoms with E-state index in [1.807, 2.05) is 0 Å². The summed E-state index contributed by atoms with van der Waals surface area (Å²) in [6.45, 7) is 9.62. The van der Waals surface area contributed by atoms with Crippen molar-refractivity contribution in [1.82, 2.24) is 0 Å². The molecule has 0 spiro atoms. The Morgan fingerprint density at radius 1 is 0.714 bits per heavy atom. The Kier molecular flexibility index (Phi) is 6.18. The lowest BCUT2D eigenvalue weighted by Gasteiger charge is -2.57. The monoisotopic (exact) mass is 634 g/mol. The van der Waals surface area contributed by atoms with Gasteiger partial charge in [0.2, 0.25) is 0 Å². The van der Waals surface area contributed by atoms with Gasteiger partial charge in [-0.25, -0.2) is 0 Å². The second kappa shape index (κ2) is 10.4. The molecular formula is C46H41BNO.